The molecule has 0 atom stereocenters. The molecule has 3 rings (SSSR count). The first-order valence-corrected chi connectivity index (χ1v) is 8.04. The maximum absolute atomic E-state index is 12.9. The van der Waals surface area contributed by atoms with Crippen molar-refractivity contribution in [2.45, 2.75) is 35.8 Å². The van der Waals surface area contributed by atoms with Gasteiger partial charge in [0.25, 0.3) is 0 Å². The first-order chi connectivity index (χ1) is 8.96. The lowest BCUT2D eigenvalue weighted by Gasteiger charge is -2.39. The molecule has 1 spiro atoms. The smallest absolute Gasteiger partial charge is 0.185 e. The number of carbonyl (C=O) groups is 1. The van der Waals surface area contributed by atoms with Crippen LogP contribution in [0.5, 0.6) is 0 Å². The molecule has 0 radical (unpaired) electrons. The lowest BCUT2D eigenvalue weighted by molar-refractivity contribution is 0.0950. The van der Waals surface area contributed by atoms with Crippen LogP contribution >= 0.6 is 0 Å². The summed E-state index contributed by atoms with van der Waals surface area (Å²) in [6.45, 7) is 3.19. The van der Waals surface area contributed by atoms with Crippen LogP contribution in [0.15, 0.2) is 23.1 Å². The highest BCUT2D eigenvalue weighted by Gasteiger charge is 2.51. The summed E-state index contributed by atoms with van der Waals surface area (Å²) in [6, 6.07) is 5.06. The van der Waals surface area contributed by atoms with E-state index in [0.29, 0.717) is 31.5 Å². The summed E-state index contributed by atoms with van der Waals surface area (Å²) in [5.74, 6) is -0.0320. The van der Waals surface area contributed by atoms with Gasteiger partial charge in [-0.05, 0) is 45.0 Å². The number of carbonyl (C=O) groups excluding carboxylic acids is 1. The van der Waals surface area contributed by atoms with Gasteiger partial charge < -0.3 is 5.32 Å². The number of hydrogen-bond acceptors (Lipinski definition) is 4. The molecule has 0 unspecified atom stereocenters. The van der Waals surface area contributed by atoms with E-state index < -0.39 is 14.6 Å². The summed E-state index contributed by atoms with van der Waals surface area (Å²) in [5.41, 5.74) is 1.30. The largest absolute Gasteiger partial charge is 0.317 e. The quantitative estimate of drug-likeness (QED) is 0.781. The average Bonchev–Trinajstić information content (AvgIpc) is 2.38. The van der Waals surface area contributed by atoms with E-state index >= 15 is 0 Å². The first kappa shape index (κ1) is 12.8. The molecular weight excluding hydrogens is 262 g/mol. The van der Waals surface area contributed by atoms with Crippen molar-refractivity contribution in [3.05, 3.63) is 29.3 Å². The highest BCUT2D eigenvalue weighted by Crippen LogP contribution is 2.42. The molecule has 1 aromatic carbocycles. The van der Waals surface area contributed by atoms with Gasteiger partial charge in [0.15, 0.2) is 15.6 Å². The molecule has 2 aliphatic rings. The molecule has 1 fully saturated rings. The molecule has 1 aromatic rings. The summed E-state index contributed by atoms with van der Waals surface area (Å²) in [4.78, 5) is 12.5. The van der Waals surface area contributed by atoms with E-state index in [0.717, 1.165) is 5.56 Å². The normalized spacial score (nSPS) is 24.2. The van der Waals surface area contributed by atoms with Gasteiger partial charge in [0.2, 0.25) is 0 Å². The number of piperidine rings is 1. The number of aryl methyl sites for hydroxylation is 1. The van der Waals surface area contributed by atoms with Crippen molar-refractivity contribution in [2.24, 2.45) is 0 Å². The van der Waals surface area contributed by atoms with Crippen molar-refractivity contribution >= 4 is 15.6 Å². The van der Waals surface area contributed by atoms with Crippen LogP contribution in [0.3, 0.4) is 0 Å². The van der Waals surface area contributed by atoms with E-state index in [1.807, 2.05) is 6.92 Å². The minimum absolute atomic E-state index is 0.0320. The molecule has 0 aliphatic carbocycles. The van der Waals surface area contributed by atoms with E-state index in [1.165, 1.54) is 0 Å². The van der Waals surface area contributed by atoms with Crippen LogP contribution in [0.4, 0.5) is 0 Å². The highest BCUT2D eigenvalue weighted by molar-refractivity contribution is 7.93. The fourth-order valence-corrected chi connectivity index (χ4v) is 5.38. The Morgan fingerprint density at radius 2 is 1.89 bits per heavy atom. The van der Waals surface area contributed by atoms with Gasteiger partial charge in [0.05, 0.1) is 9.64 Å². The predicted molar refractivity (Wildman–Crippen MR) is 72.1 cm³/mol. The monoisotopic (exact) mass is 279 g/mol. The maximum Gasteiger partial charge on any atom is 0.185 e. The number of Topliss-reactive ketones (excluding diaryl/α,β-unsaturated/α-hetero) is 1. The van der Waals surface area contributed by atoms with Crippen molar-refractivity contribution in [2.75, 3.05) is 13.1 Å². The van der Waals surface area contributed by atoms with Crippen LogP contribution < -0.4 is 5.32 Å². The molecular formula is C14H17NO3S. The Morgan fingerprint density at radius 1 is 1.21 bits per heavy atom. The highest BCUT2D eigenvalue weighted by atomic mass is 32.2. The molecule has 0 aromatic heterocycles. The van der Waals surface area contributed by atoms with Gasteiger partial charge in [-0.15, -0.1) is 0 Å². The van der Waals surface area contributed by atoms with Gasteiger partial charge in [-0.1, -0.05) is 11.6 Å². The van der Waals surface area contributed by atoms with Crippen LogP contribution in [-0.2, 0) is 9.84 Å². The van der Waals surface area contributed by atoms with Gasteiger partial charge in [0, 0.05) is 12.0 Å². The third-order valence-corrected chi connectivity index (χ3v) is 6.92. The number of rotatable bonds is 0. The Balaban J connectivity index is 2.21. The van der Waals surface area contributed by atoms with Crippen molar-refractivity contribution in [1.82, 2.24) is 5.32 Å². The maximum atomic E-state index is 12.9. The fraction of sp³-hybridized carbons (Fsp3) is 0.500. The zero-order valence-electron chi connectivity index (χ0n) is 10.9. The molecule has 2 aliphatic heterocycles. The van der Waals surface area contributed by atoms with Crippen molar-refractivity contribution < 1.29 is 13.2 Å². The zero-order valence-corrected chi connectivity index (χ0v) is 11.7. The lowest BCUT2D eigenvalue weighted by Crippen LogP contribution is -2.51. The summed E-state index contributed by atoms with van der Waals surface area (Å²) < 4.78 is 24.8. The number of ketones is 1. The summed E-state index contributed by atoms with van der Waals surface area (Å²) >= 11 is 0. The van der Waals surface area contributed by atoms with Gasteiger partial charge in [-0.25, -0.2) is 8.42 Å². The Kier molecular flexibility index (Phi) is 2.80. The summed E-state index contributed by atoms with van der Waals surface area (Å²) in [5, 5.41) is 3.17. The molecule has 5 heteroatoms. The van der Waals surface area contributed by atoms with E-state index in [-0.39, 0.29) is 17.1 Å². The number of nitrogens with one attached hydrogen (secondary N) is 1. The predicted octanol–water partition coefficient (Wildman–Crippen LogP) is 1.48. The summed E-state index contributed by atoms with van der Waals surface area (Å²) in [6.07, 6.45) is 1.18. The Bertz CT molecular complexity index is 643. The SMILES string of the molecule is Cc1ccc2c(c1)C(=O)CC1(CCNCC1)S2(=O)=O. The minimum Gasteiger partial charge on any atom is -0.317 e. The van der Waals surface area contributed by atoms with Crippen LogP contribution in [-0.4, -0.2) is 32.0 Å². The second-order valence-corrected chi connectivity index (χ2v) is 7.85. The van der Waals surface area contributed by atoms with Crippen LogP contribution in [0, 0.1) is 6.92 Å². The number of sulfone groups is 1. The Hall–Kier alpha value is -1.20. The first-order valence-electron chi connectivity index (χ1n) is 6.56. The lowest BCUT2D eigenvalue weighted by atomic mass is 9.88. The van der Waals surface area contributed by atoms with Gasteiger partial charge >= 0.3 is 0 Å². The van der Waals surface area contributed by atoms with Crippen LogP contribution in [0.1, 0.15) is 35.2 Å². The fourth-order valence-electron chi connectivity index (χ4n) is 3.14. The molecule has 0 saturated carbocycles. The van der Waals surface area contributed by atoms with Gasteiger partial charge in [0.1, 0.15) is 0 Å². The Labute approximate surface area is 113 Å². The van der Waals surface area contributed by atoms with Crippen molar-refractivity contribution in [3.63, 3.8) is 0 Å². The second-order valence-electron chi connectivity index (χ2n) is 5.54. The topological polar surface area (TPSA) is 63.2 Å². The van der Waals surface area contributed by atoms with E-state index in [4.69, 9.17) is 0 Å². The molecule has 0 bridgehead atoms. The molecule has 1 saturated heterocycles. The van der Waals surface area contributed by atoms with Crippen molar-refractivity contribution in [1.29, 1.82) is 0 Å². The molecule has 19 heavy (non-hydrogen) atoms. The summed E-state index contributed by atoms with van der Waals surface area (Å²) in [7, 11) is -3.42. The van der Waals surface area contributed by atoms with Crippen LogP contribution in [0.25, 0.3) is 0 Å². The average molecular weight is 279 g/mol. The van der Waals surface area contributed by atoms with Gasteiger partial charge in [-0.2, -0.15) is 0 Å². The molecule has 4 nitrogen and oxygen atoms in total. The molecule has 102 valence electrons. The third kappa shape index (κ3) is 1.75. The standard InChI is InChI=1S/C14H17NO3S/c1-10-2-3-13-11(8-10)12(16)9-14(19(13,17)18)4-6-15-7-5-14/h2-3,8,15H,4-7,9H2,1H3. The Morgan fingerprint density at radius 3 is 2.58 bits per heavy atom. The molecule has 0 amide bonds. The minimum atomic E-state index is -3.42. The van der Waals surface area contributed by atoms with Crippen LogP contribution in [0.2, 0.25) is 0 Å². The van der Waals surface area contributed by atoms with E-state index in [2.05, 4.69) is 5.32 Å². The zero-order chi connectivity index (χ0) is 13.7. The number of fused-ring (bicyclic) bond motifs is 1. The number of hydrogen-bond donors (Lipinski definition) is 1. The van der Waals surface area contributed by atoms with Gasteiger partial charge in [-0.3, -0.25) is 4.79 Å². The molecule has 2 heterocycles. The van der Waals surface area contributed by atoms with E-state index in [9.17, 15) is 13.2 Å². The van der Waals surface area contributed by atoms with E-state index in [1.54, 1.807) is 18.2 Å². The second kappa shape index (κ2) is 4.15. The number of benzene rings is 1. The van der Waals surface area contributed by atoms with Crippen molar-refractivity contribution in [3.8, 4) is 0 Å². The third-order valence-electron chi connectivity index (χ3n) is 4.29. The molecule has 1 N–H and O–H groups in total.